The molecule has 0 saturated carbocycles. The maximum Gasteiger partial charge on any atom is 0.308 e. The molecule has 94 valence electrons. The molecule has 2 heterocycles. The minimum atomic E-state index is -0.860. The van der Waals surface area contributed by atoms with Gasteiger partial charge < -0.3 is 5.11 Å². The predicted octanol–water partition coefficient (Wildman–Crippen LogP) is 2.67. The van der Waals surface area contributed by atoms with Crippen LogP contribution in [0.2, 0.25) is 5.02 Å². The lowest BCUT2D eigenvalue weighted by molar-refractivity contribution is -0.136. The van der Waals surface area contributed by atoms with E-state index in [1.807, 2.05) is 0 Å². The first-order chi connectivity index (χ1) is 8.54. The number of rotatable bonds is 4. The minimum absolute atomic E-state index is 0.00840. The zero-order valence-electron chi connectivity index (χ0n) is 9.25. The average molecular weight is 302 g/mol. The second-order valence-electron chi connectivity index (χ2n) is 3.34. The molecular formula is C10H8ClN3O2S2. The maximum absolute atomic E-state index is 10.7. The van der Waals surface area contributed by atoms with E-state index in [0.717, 1.165) is 14.9 Å². The van der Waals surface area contributed by atoms with Crippen LogP contribution in [0.25, 0.3) is 0 Å². The highest BCUT2D eigenvalue weighted by Crippen LogP contribution is 2.31. The number of halogens is 1. The number of aliphatic carboxylic acids is 1. The summed E-state index contributed by atoms with van der Waals surface area (Å²) in [6.07, 6.45) is 3.01. The first-order valence-electron chi connectivity index (χ1n) is 4.88. The maximum atomic E-state index is 10.7. The van der Waals surface area contributed by atoms with Crippen LogP contribution in [0.5, 0.6) is 0 Å². The van der Waals surface area contributed by atoms with Gasteiger partial charge in [-0.15, -0.1) is 11.3 Å². The van der Waals surface area contributed by atoms with E-state index < -0.39 is 5.97 Å². The highest BCUT2D eigenvalue weighted by molar-refractivity contribution is 8.00. The summed E-state index contributed by atoms with van der Waals surface area (Å²) in [5.41, 5.74) is 0.735. The lowest BCUT2D eigenvalue weighted by atomic mass is 10.3. The largest absolute Gasteiger partial charge is 0.481 e. The summed E-state index contributed by atoms with van der Waals surface area (Å²) in [7, 11) is 0. The van der Waals surface area contributed by atoms with Gasteiger partial charge in [0.25, 0.3) is 0 Å². The first-order valence-corrected chi connectivity index (χ1v) is 6.89. The van der Waals surface area contributed by atoms with Crippen molar-refractivity contribution in [1.82, 2.24) is 15.0 Å². The third-order valence-corrected chi connectivity index (χ3v) is 4.27. The zero-order valence-corrected chi connectivity index (χ0v) is 11.6. The molecule has 0 atom stereocenters. The van der Waals surface area contributed by atoms with E-state index in [9.17, 15) is 4.79 Å². The molecule has 8 heteroatoms. The Bertz CT molecular complexity index is 571. The van der Waals surface area contributed by atoms with Gasteiger partial charge in [-0.3, -0.25) is 4.79 Å². The third-order valence-electron chi connectivity index (χ3n) is 1.96. The number of aryl methyl sites for hydroxylation is 1. The molecule has 2 aromatic rings. The lowest BCUT2D eigenvalue weighted by Crippen LogP contribution is -1.99. The number of nitrogens with zero attached hydrogens (tertiary/aromatic N) is 3. The van der Waals surface area contributed by atoms with Crippen molar-refractivity contribution in [1.29, 1.82) is 0 Å². The number of thiazole rings is 1. The van der Waals surface area contributed by atoms with Crippen LogP contribution in [-0.2, 0) is 11.2 Å². The fraction of sp³-hybridized carbons (Fsp3) is 0.200. The molecule has 0 radical (unpaired) electrons. The van der Waals surface area contributed by atoms with E-state index in [4.69, 9.17) is 16.7 Å². The van der Waals surface area contributed by atoms with E-state index in [0.29, 0.717) is 10.2 Å². The predicted molar refractivity (Wildman–Crippen MR) is 69.4 cm³/mol. The van der Waals surface area contributed by atoms with E-state index >= 15 is 0 Å². The Morgan fingerprint density at radius 1 is 1.50 bits per heavy atom. The highest BCUT2D eigenvalue weighted by atomic mass is 35.5. The molecule has 0 unspecified atom stereocenters. The molecule has 0 aliphatic rings. The highest BCUT2D eigenvalue weighted by Gasteiger charge is 2.12. The SMILES string of the molecule is Cc1nc(Sc2ncc(Cl)cn2)sc1CC(=O)O. The van der Waals surface area contributed by atoms with Crippen molar-refractivity contribution in [2.24, 2.45) is 0 Å². The topological polar surface area (TPSA) is 76.0 Å². The van der Waals surface area contributed by atoms with Gasteiger partial charge in [0.2, 0.25) is 0 Å². The van der Waals surface area contributed by atoms with Crippen LogP contribution in [0.3, 0.4) is 0 Å². The summed E-state index contributed by atoms with van der Waals surface area (Å²) in [6.45, 7) is 1.79. The van der Waals surface area contributed by atoms with Crippen LogP contribution in [0, 0.1) is 6.92 Å². The Balaban J connectivity index is 2.14. The van der Waals surface area contributed by atoms with Gasteiger partial charge in [-0.1, -0.05) is 11.6 Å². The van der Waals surface area contributed by atoms with Crippen molar-refractivity contribution >= 4 is 40.7 Å². The number of carboxylic acids is 1. The van der Waals surface area contributed by atoms with Gasteiger partial charge in [0.1, 0.15) is 0 Å². The van der Waals surface area contributed by atoms with Gasteiger partial charge in [0.15, 0.2) is 9.50 Å². The summed E-state index contributed by atoms with van der Waals surface area (Å²) >= 11 is 8.33. The molecule has 0 saturated heterocycles. The molecule has 0 aromatic carbocycles. The van der Waals surface area contributed by atoms with E-state index in [-0.39, 0.29) is 6.42 Å². The summed E-state index contributed by atoms with van der Waals surface area (Å²) in [4.78, 5) is 23.8. The molecule has 18 heavy (non-hydrogen) atoms. The van der Waals surface area contributed by atoms with Gasteiger partial charge in [-0.2, -0.15) is 0 Å². The van der Waals surface area contributed by atoms with Gasteiger partial charge in [0, 0.05) is 4.88 Å². The van der Waals surface area contributed by atoms with Gasteiger partial charge >= 0.3 is 5.97 Å². The first kappa shape index (κ1) is 13.3. The number of carbonyl (C=O) groups is 1. The van der Waals surface area contributed by atoms with Crippen molar-refractivity contribution in [3.05, 3.63) is 28.0 Å². The summed E-state index contributed by atoms with van der Waals surface area (Å²) in [5, 5.41) is 9.76. The van der Waals surface area contributed by atoms with Crippen LogP contribution in [-0.4, -0.2) is 26.0 Å². The fourth-order valence-corrected chi connectivity index (χ4v) is 3.30. The molecule has 1 N–H and O–H groups in total. The van der Waals surface area contributed by atoms with Gasteiger partial charge in [-0.25, -0.2) is 15.0 Å². The molecule has 5 nitrogen and oxygen atoms in total. The van der Waals surface area contributed by atoms with E-state index in [1.54, 1.807) is 6.92 Å². The molecule has 2 rings (SSSR count). The Kier molecular flexibility index (Phi) is 4.15. The fourth-order valence-electron chi connectivity index (χ4n) is 1.18. The van der Waals surface area contributed by atoms with E-state index in [2.05, 4.69) is 15.0 Å². The summed E-state index contributed by atoms with van der Waals surface area (Å²) < 4.78 is 0.728. The zero-order chi connectivity index (χ0) is 13.1. The van der Waals surface area contributed by atoms with Crippen molar-refractivity contribution in [2.45, 2.75) is 22.8 Å². The van der Waals surface area contributed by atoms with E-state index in [1.165, 1.54) is 35.5 Å². The molecule has 0 aliphatic heterocycles. The molecule has 0 spiro atoms. The molecule has 0 aliphatic carbocycles. The van der Waals surface area contributed by atoms with Crippen LogP contribution < -0.4 is 0 Å². The second kappa shape index (κ2) is 5.64. The van der Waals surface area contributed by atoms with Crippen LogP contribution >= 0.6 is 34.7 Å². The van der Waals surface area contributed by atoms with Crippen molar-refractivity contribution in [3.63, 3.8) is 0 Å². The van der Waals surface area contributed by atoms with Crippen LogP contribution in [0.1, 0.15) is 10.6 Å². The summed E-state index contributed by atoms with van der Waals surface area (Å²) in [5.74, 6) is -0.860. The Hall–Kier alpha value is -1.18. The number of hydrogen-bond donors (Lipinski definition) is 1. The lowest BCUT2D eigenvalue weighted by Gasteiger charge is -1.94. The standard InChI is InChI=1S/C10H8ClN3O2S2/c1-5-7(2-8(15)16)17-10(14-5)18-9-12-3-6(11)4-13-9/h3-4H,2H2,1H3,(H,15,16). The number of aromatic nitrogens is 3. The van der Waals surface area contributed by atoms with Crippen LogP contribution in [0.15, 0.2) is 21.9 Å². The summed E-state index contributed by atoms with van der Waals surface area (Å²) in [6, 6.07) is 0. The minimum Gasteiger partial charge on any atom is -0.481 e. The van der Waals surface area contributed by atoms with Crippen LogP contribution in [0.4, 0.5) is 0 Å². The van der Waals surface area contributed by atoms with Crippen molar-refractivity contribution in [3.8, 4) is 0 Å². The Labute approximate surface area is 116 Å². The molecule has 0 amide bonds. The smallest absolute Gasteiger partial charge is 0.308 e. The second-order valence-corrected chi connectivity index (χ2v) is 6.08. The monoisotopic (exact) mass is 301 g/mol. The average Bonchev–Trinajstić information content (AvgIpc) is 2.62. The normalized spacial score (nSPS) is 10.6. The Morgan fingerprint density at radius 2 is 2.17 bits per heavy atom. The van der Waals surface area contributed by atoms with Crippen molar-refractivity contribution < 1.29 is 9.90 Å². The quantitative estimate of drug-likeness (QED) is 0.875. The third kappa shape index (κ3) is 3.41. The molecular weight excluding hydrogens is 294 g/mol. The van der Waals surface area contributed by atoms with Crippen molar-refractivity contribution in [2.75, 3.05) is 0 Å². The molecule has 0 bridgehead atoms. The Morgan fingerprint density at radius 3 is 2.78 bits per heavy atom. The number of hydrogen-bond acceptors (Lipinski definition) is 6. The van der Waals surface area contributed by atoms with Gasteiger partial charge in [0.05, 0.1) is 29.5 Å². The number of carboxylic acid groups (broad SMARTS) is 1. The van der Waals surface area contributed by atoms with Gasteiger partial charge in [-0.05, 0) is 18.7 Å². The molecule has 0 fully saturated rings. The molecule has 2 aromatic heterocycles.